The Hall–Kier alpha value is -2.41. The molecule has 7 heteroatoms. The van der Waals surface area contributed by atoms with Crippen molar-refractivity contribution in [2.75, 3.05) is 11.9 Å². The lowest BCUT2D eigenvalue weighted by Crippen LogP contribution is -2.47. The lowest BCUT2D eigenvalue weighted by atomic mass is 10.0. The van der Waals surface area contributed by atoms with Crippen LogP contribution in [0.15, 0.2) is 35.8 Å². The van der Waals surface area contributed by atoms with Gasteiger partial charge < -0.3 is 15.4 Å². The van der Waals surface area contributed by atoms with Crippen LogP contribution in [-0.2, 0) is 4.79 Å². The quantitative estimate of drug-likeness (QED) is 0.807. The summed E-state index contributed by atoms with van der Waals surface area (Å²) in [6.45, 7) is 6.07. The fraction of sp³-hybridized carbons (Fsp3) is 0.353. The van der Waals surface area contributed by atoms with E-state index >= 15 is 0 Å². The SMILES string of the molecule is CCOc1ccccc1C(=O)N[C@H](C(=O)Nc1nccs1)C(C)C. The Bertz CT molecular complexity index is 686. The summed E-state index contributed by atoms with van der Waals surface area (Å²) in [4.78, 5) is 29.0. The summed E-state index contributed by atoms with van der Waals surface area (Å²) in [5, 5.41) is 7.80. The van der Waals surface area contributed by atoms with Crippen molar-refractivity contribution in [1.82, 2.24) is 10.3 Å². The zero-order valence-corrected chi connectivity index (χ0v) is 14.7. The Kier molecular flexibility index (Phi) is 6.31. The molecule has 0 aliphatic carbocycles. The number of benzene rings is 1. The number of rotatable bonds is 7. The van der Waals surface area contributed by atoms with Gasteiger partial charge in [-0.25, -0.2) is 4.98 Å². The molecular formula is C17H21N3O3S. The van der Waals surface area contributed by atoms with Gasteiger partial charge in [-0.3, -0.25) is 9.59 Å². The first-order valence-corrected chi connectivity index (χ1v) is 8.64. The Labute approximate surface area is 145 Å². The van der Waals surface area contributed by atoms with Gasteiger partial charge in [-0.2, -0.15) is 0 Å². The third-order valence-corrected chi connectivity index (χ3v) is 4.02. The third kappa shape index (κ3) is 4.55. The molecule has 0 saturated carbocycles. The normalized spacial score (nSPS) is 11.8. The van der Waals surface area contributed by atoms with Crippen molar-refractivity contribution in [1.29, 1.82) is 0 Å². The smallest absolute Gasteiger partial charge is 0.255 e. The number of anilines is 1. The molecule has 6 nitrogen and oxygen atoms in total. The van der Waals surface area contributed by atoms with Gasteiger partial charge in [0, 0.05) is 11.6 Å². The van der Waals surface area contributed by atoms with E-state index in [0.29, 0.717) is 23.1 Å². The number of carbonyl (C=O) groups is 2. The van der Waals surface area contributed by atoms with Crippen molar-refractivity contribution in [3.8, 4) is 5.75 Å². The third-order valence-electron chi connectivity index (χ3n) is 3.33. The summed E-state index contributed by atoms with van der Waals surface area (Å²) in [7, 11) is 0. The zero-order chi connectivity index (χ0) is 17.5. The van der Waals surface area contributed by atoms with E-state index < -0.39 is 6.04 Å². The first kappa shape index (κ1) is 17.9. The van der Waals surface area contributed by atoms with E-state index in [2.05, 4.69) is 15.6 Å². The summed E-state index contributed by atoms with van der Waals surface area (Å²) in [6.07, 6.45) is 1.61. The largest absolute Gasteiger partial charge is 0.493 e. The number of hydrogen-bond donors (Lipinski definition) is 2. The lowest BCUT2D eigenvalue weighted by molar-refractivity contribution is -0.118. The molecule has 0 radical (unpaired) electrons. The van der Waals surface area contributed by atoms with Crippen molar-refractivity contribution >= 4 is 28.3 Å². The molecule has 2 N–H and O–H groups in total. The van der Waals surface area contributed by atoms with Crippen molar-refractivity contribution in [2.45, 2.75) is 26.8 Å². The second kappa shape index (κ2) is 8.44. The first-order chi connectivity index (χ1) is 11.5. The molecule has 0 aliphatic heterocycles. The molecule has 0 unspecified atom stereocenters. The van der Waals surface area contributed by atoms with E-state index in [1.54, 1.807) is 35.8 Å². The summed E-state index contributed by atoms with van der Waals surface area (Å²) in [5.41, 5.74) is 0.409. The number of amides is 2. The molecule has 2 aromatic rings. The molecule has 1 aromatic carbocycles. The average molecular weight is 347 g/mol. The van der Waals surface area contributed by atoms with Crippen LogP contribution in [0.4, 0.5) is 5.13 Å². The summed E-state index contributed by atoms with van der Waals surface area (Å²) in [6, 6.07) is 6.31. The molecule has 1 heterocycles. The van der Waals surface area contributed by atoms with Gasteiger partial charge >= 0.3 is 0 Å². The fourth-order valence-corrected chi connectivity index (χ4v) is 2.69. The highest BCUT2D eigenvalue weighted by Crippen LogP contribution is 2.19. The number of thiazole rings is 1. The second-order valence-corrected chi connectivity index (χ2v) is 6.35. The van der Waals surface area contributed by atoms with Gasteiger partial charge in [0.1, 0.15) is 11.8 Å². The van der Waals surface area contributed by atoms with Crippen LogP contribution in [0.1, 0.15) is 31.1 Å². The minimum absolute atomic E-state index is 0.0758. The van der Waals surface area contributed by atoms with Crippen LogP contribution in [0.3, 0.4) is 0 Å². The van der Waals surface area contributed by atoms with Crippen LogP contribution in [-0.4, -0.2) is 29.4 Å². The molecule has 24 heavy (non-hydrogen) atoms. The van der Waals surface area contributed by atoms with Gasteiger partial charge in [-0.05, 0) is 25.0 Å². The van der Waals surface area contributed by atoms with Crippen molar-refractivity contribution < 1.29 is 14.3 Å². The fourth-order valence-electron chi connectivity index (χ4n) is 2.16. The van der Waals surface area contributed by atoms with Gasteiger partial charge in [0.05, 0.1) is 12.2 Å². The number of hydrogen-bond acceptors (Lipinski definition) is 5. The second-order valence-electron chi connectivity index (χ2n) is 5.45. The minimum atomic E-state index is -0.670. The van der Waals surface area contributed by atoms with E-state index in [-0.39, 0.29) is 17.7 Å². The molecule has 0 bridgehead atoms. The van der Waals surface area contributed by atoms with Crippen LogP contribution in [0.5, 0.6) is 5.75 Å². The Morgan fingerprint density at radius 2 is 2.04 bits per heavy atom. The zero-order valence-electron chi connectivity index (χ0n) is 13.9. The highest BCUT2D eigenvalue weighted by Gasteiger charge is 2.26. The molecule has 0 spiro atoms. The Balaban J connectivity index is 2.12. The molecular weight excluding hydrogens is 326 g/mol. The number of para-hydroxylation sites is 1. The number of aromatic nitrogens is 1. The monoisotopic (exact) mass is 347 g/mol. The molecule has 1 atom stereocenters. The van der Waals surface area contributed by atoms with Crippen LogP contribution in [0.2, 0.25) is 0 Å². The van der Waals surface area contributed by atoms with E-state index in [9.17, 15) is 9.59 Å². The maximum atomic E-state index is 12.6. The van der Waals surface area contributed by atoms with E-state index in [0.717, 1.165) is 0 Å². The topological polar surface area (TPSA) is 80.3 Å². The summed E-state index contributed by atoms with van der Waals surface area (Å²) >= 11 is 1.33. The molecule has 128 valence electrons. The van der Waals surface area contributed by atoms with E-state index in [1.807, 2.05) is 20.8 Å². The Morgan fingerprint density at radius 1 is 1.29 bits per heavy atom. The van der Waals surface area contributed by atoms with Gasteiger partial charge in [0.15, 0.2) is 5.13 Å². The van der Waals surface area contributed by atoms with Crippen LogP contribution >= 0.6 is 11.3 Å². The number of carbonyl (C=O) groups excluding carboxylic acids is 2. The predicted molar refractivity (Wildman–Crippen MR) is 94.4 cm³/mol. The highest BCUT2D eigenvalue weighted by molar-refractivity contribution is 7.13. The molecule has 2 rings (SSSR count). The van der Waals surface area contributed by atoms with Gasteiger partial charge in [0.25, 0.3) is 5.91 Å². The molecule has 0 fully saturated rings. The lowest BCUT2D eigenvalue weighted by Gasteiger charge is -2.21. The number of ether oxygens (including phenoxy) is 1. The highest BCUT2D eigenvalue weighted by atomic mass is 32.1. The van der Waals surface area contributed by atoms with Gasteiger partial charge in [-0.1, -0.05) is 26.0 Å². The van der Waals surface area contributed by atoms with Crippen molar-refractivity contribution in [3.63, 3.8) is 0 Å². The molecule has 0 aliphatic rings. The average Bonchev–Trinajstić information content (AvgIpc) is 3.05. The number of nitrogens with zero attached hydrogens (tertiary/aromatic N) is 1. The van der Waals surface area contributed by atoms with E-state index in [4.69, 9.17) is 4.74 Å². The van der Waals surface area contributed by atoms with E-state index in [1.165, 1.54) is 11.3 Å². The molecule has 0 saturated heterocycles. The maximum absolute atomic E-state index is 12.6. The summed E-state index contributed by atoms with van der Waals surface area (Å²) in [5.74, 6) is -0.206. The van der Waals surface area contributed by atoms with Crippen molar-refractivity contribution in [3.05, 3.63) is 41.4 Å². The number of nitrogens with one attached hydrogen (secondary N) is 2. The van der Waals surface area contributed by atoms with Crippen LogP contribution in [0.25, 0.3) is 0 Å². The minimum Gasteiger partial charge on any atom is -0.493 e. The maximum Gasteiger partial charge on any atom is 0.255 e. The van der Waals surface area contributed by atoms with Gasteiger partial charge in [0.2, 0.25) is 5.91 Å². The van der Waals surface area contributed by atoms with Crippen molar-refractivity contribution in [2.24, 2.45) is 5.92 Å². The standard InChI is InChI=1S/C17H21N3O3S/c1-4-23-13-8-6-5-7-12(13)15(21)19-14(11(2)3)16(22)20-17-18-9-10-24-17/h5-11,14H,4H2,1-3H3,(H,19,21)(H,18,20,22)/t14-/m0/s1. The predicted octanol–water partition coefficient (Wildman–Crippen LogP) is 2.93. The first-order valence-electron chi connectivity index (χ1n) is 7.76. The summed E-state index contributed by atoms with van der Waals surface area (Å²) < 4.78 is 5.48. The van der Waals surface area contributed by atoms with Crippen LogP contribution < -0.4 is 15.4 Å². The molecule has 1 aromatic heterocycles. The van der Waals surface area contributed by atoms with Gasteiger partial charge in [-0.15, -0.1) is 11.3 Å². The molecule has 2 amide bonds. The van der Waals surface area contributed by atoms with Crippen LogP contribution in [0, 0.1) is 5.92 Å². The Morgan fingerprint density at radius 3 is 2.67 bits per heavy atom.